The van der Waals surface area contributed by atoms with Crippen molar-refractivity contribution in [3.8, 4) is 22.3 Å². The fourth-order valence-corrected chi connectivity index (χ4v) is 6.17. The Morgan fingerprint density at radius 2 is 1.40 bits per heavy atom. The monoisotopic (exact) mass is 554 g/mol. The summed E-state index contributed by atoms with van der Waals surface area (Å²) >= 11 is 0. The molecule has 0 atom stereocenters. The maximum atomic E-state index is 4.83. The standard InChI is InChI=1S/C41H34N2/c1-43(40-25-22-31-14-10-11-19-38(31)41(40)33-15-6-3-7-16-33)37-23-20-32(21-24-37)39-27-35-18-9-8-17-34(35)26-36(39)29-42-28-30-12-4-2-5-13-30/h2-10,12-18,20-27,29H,11,19,28H2,1H3. The summed E-state index contributed by atoms with van der Waals surface area (Å²) in [4.78, 5) is 7.15. The van der Waals surface area contributed by atoms with Gasteiger partial charge in [0.05, 0.1) is 6.54 Å². The summed E-state index contributed by atoms with van der Waals surface area (Å²) in [5, 5.41) is 2.45. The number of benzene rings is 6. The second-order valence-corrected chi connectivity index (χ2v) is 11.2. The maximum Gasteiger partial charge on any atom is 0.0639 e. The third kappa shape index (κ3) is 5.52. The fraction of sp³-hybridized carbons (Fsp3) is 0.0976. The first-order chi connectivity index (χ1) is 21.2. The maximum absolute atomic E-state index is 4.83. The van der Waals surface area contributed by atoms with Crippen LogP contribution < -0.4 is 4.90 Å². The van der Waals surface area contributed by atoms with Crippen molar-refractivity contribution in [2.24, 2.45) is 4.99 Å². The third-order valence-electron chi connectivity index (χ3n) is 8.44. The van der Waals surface area contributed by atoms with Crippen LogP contribution in [0.3, 0.4) is 0 Å². The Hall–Kier alpha value is -5.21. The van der Waals surface area contributed by atoms with Gasteiger partial charge in [-0.3, -0.25) is 4.99 Å². The molecule has 6 aromatic carbocycles. The topological polar surface area (TPSA) is 15.6 Å². The lowest BCUT2D eigenvalue weighted by Crippen LogP contribution is -2.12. The molecule has 208 valence electrons. The molecule has 43 heavy (non-hydrogen) atoms. The van der Waals surface area contributed by atoms with E-state index in [9.17, 15) is 0 Å². The quantitative estimate of drug-likeness (QED) is 0.179. The predicted molar refractivity (Wildman–Crippen MR) is 184 cm³/mol. The molecule has 0 saturated heterocycles. The smallest absolute Gasteiger partial charge is 0.0639 e. The highest BCUT2D eigenvalue weighted by molar-refractivity contribution is 5.99. The molecule has 1 aliphatic carbocycles. The van der Waals surface area contributed by atoms with E-state index in [2.05, 4.69) is 151 Å². The van der Waals surface area contributed by atoms with Gasteiger partial charge in [-0.25, -0.2) is 0 Å². The van der Waals surface area contributed by atoms with Crippen LogP contribution in [0.1, 0.15) is 28.7 Å². The van der Waals surface area contributed by atoms with Crippen LogP contribution in [0.15, 0.2) is 145 Å². The summed E-state index contributed by atoms with van der Waals surface area (Å²) in [5.74, 6) is 0. The van der Waals surface area contributed by atoms with Crippen molar-refractivity contribution >= 4 is 34.4 Å². The fourth-order valence-electron chi connectivity index (χ4n) is 6.17. The van der Waals surface area contributed by atoms with Crippen LogP contribution in [0.5, 0.6) is 0 Å². The van der Waals surface area contributed by atoms with Crippen molar-refractivity contribution in [3.63, 3.8) is 0 Å². The molecular formula is C41H34N2. The molecule has 0 heterocycles. The van der Waals surface area contributed by atoms with E-state index in [1.807, 2.05) is 12.3 Å². The van der Waals surface area contributed by atoms with Crippen LogP contribution in [-0.4, -0.2) is 13.3 Å². The SMILES string of the molecule is CN(c1ccc(-c2cc3ccccc3cc2C=NCc2ccccc2)cc1)c1ccc2c(c1-c1ccccc1)CCC=C2. The van der Waals surface area contributed by atoms with Crippen molar-refractivity contribution in [3.05, 3.63) is 162 Å². The summed E-state index contributed by atoms with van der Waals surface area (Å²) in [6.07, 6.45) is 8.73. The Morgan fingerprint density at radius 1 is 0.698 bits per heavy atom. The average Bonchev–Trinajstić information content (AvgIpc) is 3.08. The van der Waals surface area contributed by atoms with Crippen molar-refractivity contribution in [2.75, 3.05) is 11.9 Å². The minimum absolute atomic E-state index is 0.664. The van der Waals surface area contributed by atoms with Crippen LogP contribution in [0.25, 0.3) is 39.1 Å². The molecule has 2 nitrogen and oxygen atoms in total. The first kappa shape index (κ1) is 26.7. The highest BCUT2D eigenvalue weighted by Crippen LogP contribution is 2.41. The lowest BCUT2D eigenvalue weighted by atomic mass is 9.87. The molecule has 0 radical (unpaired) electrons. The van der Waals surface area contributed by atoms with Gasteiger partial charge in [-0.15, -0.1) is 0 Å². The van der Waals surface area contributed by atoms with Gasteiger partial charge in [-0.2, -0.15) is 0 Å². The summed E-state index contributed by atoms with van der Waals surface area (Å²) in [5.41, 5.74) is 12.5. The number of aliphatic imine (C=N–C) groups is 1. The van der Waals surface area contributed by atoms with Gasteiger partial charge in [-0.1, -0.05) is 115 Å². The molecule has 0 spiro atoms. The Labute approximate surface area is 254 Å². The normalized spacial score (nSPS) is 12.5. The zero-order chi connectivity index (χ0) is 29.0. The van der Waals surface area contributed by atoms with Gasteiger partial charge in [-0.05, 0) is 87.3 Å². The van der Waals surface area contributed by atoms with Gasteiger partial charge in [0.15, 0.2) is 0 Å². The van der Waals surface area contributed by atoms with E-state index in [4.69, 9.17) is 4.99 Å². The van der Waals surface area contributed by atoms with Crippen LogP contribution >= 0.6 is 0 Å². The van der Waals surface area contributed by atoms with E-state index < -0.39 is 0 Å². The average molecular weight is 555 g/mol. The predicted octanol–water partition coefficient (Wildman–Crippen LogP) is 10.5. The number of anilines is 2. The molecule has 1 aliphatic rings. The summed E-state index contributed by atoms with van der Waals surface area (Å²) in [7, 11) is 2.18. The van der Waals surface area contributed by atoms with Crippen molar-refractivity contribution in [2.45, 2.75) is 19.4 Å². The molecular weight excluding hydrogens is 520 g/mol. The highest BCUT2D eigenvalue weighted by atomic mass is 15.1. The first-order valence-electron chi connectivity index (χ1n) is 15.0. The van der Waals surface area contributed by atoms with Gasteiger partial charge in [0, 0.05) is 35.8 Å². The number of hydrogen-bond acceptors (Lipinski definition) is 2. The molecule has 0 amide bonds. The van der Waals surface area contributed by atoms with Crippen LogP contribution in [0, 0.1) is 0 Å². The summed E-state index contributed by atoms with van der Waals surface area (Å²) < 4.78 is 0. The van der Waals surface area contributed by atoms with Crippen LogP contribution in [0.4, 0.5) is 11.4 Å². The van der Waals surface area contributed by atoms with E-state index in [0.717, 1.165) is 24.1 Å². The summed E-state index contributed by atoms with van der Waals surface area (Å²) in [6, 6.07) is 47.9. The number of rotatable bonds is 7. The first-order valence-corrected chi connectivity index (χ1v) is 15.0. The molecule has 6 aromatic rings. The second kappa shape index (κ2) is 12.0. The molecule has 0 bridgehead atoms. The van der Waals surface area contributed by atoms with E-state index in [-0.39, 0.29) is 0 Å². The van der Waals surface area contributed by atoms with Gasteiger partial charge in [0.25, 0.3) is 0 Å². The largest absolute Gasteiger partial charge is 0.344 e. The Bertz CT molecular complexity index is 1930. The van der Waals surface area contributed by atoms with Crippen molar-refractivity contribution in [1.82, 2.24) is 0 Å². The Kier molecular flexibility index (Phi) is 7.41. The second-order valence-electron chi connectivity index (χ2n) is 11.2. The van der Waals surface area contributed by atoms with Gasteiger partial charge in [0.2, 0.25) is 0 Å². The third-order valence-corrected chi connectivity index (χ3v) is 8.44. The van der Waals surface area contributed by atoms with Crippen LogP contribution in [0.2, 0.25) is 0 Å². The zero-order valence-corrected chi connectivity index (χ0v) is 24.4. The minimum Gasteiger partial charge on any atom is -0.344 e. The molecule has 0 N–H and O–H groups in total. The van der Waals surface area contributed by atoms with Crippen molar-refractivity contribution < 1.29 is 0 Å². The highest BCUT2D eigenvalue weighted by Gasteiger charge is 2.19. The molecule has 0 fully saturated rings. The molecule has 7 rings (SSSR count). The lowest BCUT2D eigenvalue weighted by molar-refractivity contribution is 0.985. The van der Waals surface area contributed by atoms with Gasteiger partial charge >= 0.3 is 0 Å². The van der Waals surface area contributed by atoms with Gasteiger partial charge in [0.1, 0.15) is 0 Å². The zero-order valence-electron chi connectivity index (χ0n) is 24.4. The summed E-state index contributed by atoms with van der Waals surface area (Å²) in [6.45, 7) is 0.664. The van der Waals surface area contributed by atoms with E-state index in [1.165, 1.54) is 55.4 Å². The van der Waals surface area contributed by atoms with Crippen molar-refractivity contribution in [1.29, 1.82) is 0 Å². The van der Waals surface area contributed by atoms with E-state index >= 15 is 0 Å². The molecule has 0 saturated carbocycles. The molecule has 0 aromatic heterocycles. The molecule has 2 heteroatoms. The molecule has 0 aliphatic heterocycles. The Morgan fingerprint density at radius 3 is 2.16 bits per heavy atom. The number of allylic oxidation sites excluding steroid dienone is 1. The minimum atomic E-state index is 0.664. The lowest BCUT2D eigenvalue weighted by Gasteiger charge is -2.27. The number of fused-ring (bicyclic) bond motifs is 2. The van der Waals surface area contributed by atoms with E-state index in [1.54, 1.807) is 0 Å². The van der Waals surface area contributed by atoms with Crippen LogP contribution in [-0.2, 0) is 13.0 Å². The Balaban J connectivity index is 1.25. The number of nitrogens with zero attached hydrogens (tertiary/aromatic N) is 2. The number of hydrogen-bond donors (Lipinski definition) is 0. The molecule has 0 unspecified atom stereocenters. The van der Waals surface area contributed by atoms with E-state index in [0.29, 0.717) is 6.54 Å². The van der Waals surface area contributed by atoms with Gasteiger partial charge < -0.3 is 4.90 Å².